The van der Waals surface area contributed by atoms with Gasteiger partial charge < -0.3 is 14.7 Å². The van der Waals surface area contributed by atoms with E-state index in [-0.39, 0.29) is 6.54 Å². The molecule has 0 atom stereocenters. The lowest BCUT2D eigenvalue weighted by Crippen LogP contribution is -2.00. The molecule has 0 spiro atoms. The molecule has 0 radical (unpaired) electrons. The predicted molar refractivity (Wildman–Crippen MR) is 106 cm³/mol. The molecule has 0 amide bonds. The highest BCUT2D eigenvalue weighted by Gasteiger charge is 2.07. The summed E-state index contributed by atoms with van der Waals surface area (Å²) in [5.41, 5.74) is 4.20. The first kappa shape index (κ1) is 17.5. The zero-order valence-electron chi connectivity index (χ0n) is 15.5. The summed E-state index contributed by atoms with van der Waals surface area (Å²) < 4.78 is 1.84. The number of pyridine rings is 2. The summed E-state index contributed by atoms with van der Waals surface area (Å²) in [7, 11) is 0. The molecule has 0 bridgehead atoms. The van der Waals surface area contributed by atoms with Crippen molar-refractivity contribution >= 4 is 22.7 Å². The summed E-state index contributed by atoms with van der Waals surface area (Å²) in [5.74, 6) is 1.69. The van der Waals surface area contributed by atoms with Gasteiger partial charge in [-0.05, 0) is 35.7 Å². The standard InChI is InChI=1S/C20H18N8/c1-13(2)14-6-20(27-24-8-14)26-19-5-4-17-18(25-19)7-16(10-22-17)28-11-15(9-21-3)23-12-28/h4-8,10-13H,9H2,1-2H3,(H,25,26,27). The minimum absolute atomic E-state index is 0.261. The summed E-state index contributed by atoms with van der Waals surface area (Å²) in [6.45, 7) is 11.4. The summed E-state index contributed by atoms with van der Waals surface area (Å²) in [5, 5.41) is 11.4. The number of fused-ring (bicyclic) bond motifs is 1. The second-order valence-electron chi connectivity index (χ2n) is 6.67. The quantitative estimate of drug-likeness (QED) is 0.536. The van der Waals surface area contributed by atoms with Gasteiger partial charge in [0.1, 0.15) is 11.5 Å². The van der Waals surface area contributed by atoms with Gasteiger partial charge in [0.2, 0.25) is 0 Å². The van der Waals surface area contributed by atoms with Crippen LogP contribution < -0.4 is 5.32 Å². The van der Waals surface area contributed by atoms with E-state index in [1.165, 1.54) is 0 Å². The van der Waals surface area contributed by atoms with Crippen molar-refractivity contribution < 1.29 is 0 Å². The van der Waals surface area contributed by atoms with Gasteiger partial charge in [-0.1, -0.05) is 13.8 Å². The maximum Gasteiger partial charge on any atom is 0.257 e. The molecule has 0 saturated heterocycles. The molecule has 0 aromatic carbocycles. The minimum Gasteiger partial charge on any atom is -0.323 e. The van der Waals surface area contributed by atoms with Crippen LogP contribution in [0.1, 0.15) is 31.0 Å². The third-order valence-corrected chi connectivity index (χ3v) is 4.30. The molecule has 4 rings (SSSR count). The third kappa shape index (κ3) is 3.64. The van der Waals surface area contributed by atoms with Crippen LogP contribution in [0.25, 0.3) is 21.6 Å². The molecule has 138 valence electrons. The van der Waals surface area contributed by atoms with Gasteiger partial charge in [-0.3, -0.25) is 4.98 Å². The summed E-state index contributed by atoms with van der Waals surface area (Å²) in [6.07, 6.45) is 7.04. The number of rotatable bonds is 5. The molecule has 1 N–H and O–H groups in total. The summed E-state index contributed by atoms with van der Waals surface area (Å²) >= 11 is 0. The fraction of sp³-hybridized carbons (Fsp3) is 0.200. The van der Waals surface area contributed by atoms with E-state index in [0.29, 0.717) is 17.6 Å². The van der Waals surface area contributed by atoms with Gasteiger partial charge in [-0.2, -0.15) is 5.10 Å². The fourth-order valence-electron chi connectivity index (χ4n) is 2.76. The van der Waals surface area contributed by atoms with E-state index in [9.17, 15) is 0 Å². The largest absolute Gasteiger partial charge is 0.323 e. The molecule has 0 aliphatic rings. The van der Waals surface area contributed by atoms with Crippen molar-refractivity contribution in [2.45, 2.75) is 26.3 Å². The Labute approximate surface area is 162 Å². The molecule has 0 unspecified atom stereocenters. The second kappa shape index (κ2) is 7.40. The van der Waals surface area contributed by atoms with Crippen molar-refractivity contribution in [2.24, 2.45) is 0 Å². The molecule has 0 aliphatic carbocycles. The number of hydrogen-bond donors (Lipinski definition) is 1. The molecule has 0 saturated carbocycles. The third-order valence-electron chi connectivity index (χ3n) is 4.30. The molecular formula is C20H18N8. The Morgan fingerprint density at radius 1 is 1.11 bits per heavy atom. The van der Waals surface area contributed by atoms with Crippen LogP contribution in [0.2, 0.25) is 0 Å². The van der Waals surface area contributed by atoms with Crippen molar-refractivity contribution in [1.29, 1.82) is 0 Å². The first-order valence-electron chi connectivity index (χ1n) is 8.85. The van der Waals surface area contributed by atoms with Crippen molar-refractivity contribution in [1.82, 2.24) is 29.7 Å². The maximum absolute atomic E-state index is 6.95. The molecule has 8 heteroatoms. The predicted octanol–water partition coefficient (Wildman–Crippen LogP) is 3.89. The maximum atomic E-state index is 6.95. The van der Waals surface area contributed by atoms with Crippen molar-refractivity contribution in [3.8, 4) is 5.69 Å². The van der Waals surface area contributed by atoms with E-state index in [1.54, 1.807) is 18.7 Å². The minimum atomic E-state index is 0.261. The molecule has 28 heavy (non-hydrogen) atoms. The van der Waals surface area contributed by atoms with Crippen LogP contribution in [-0.4, -0.2) is 29.7 Å². The van der Waals surface area contributed by atoms with Crippen LogP contribution in [0.4, 0.5) is 11.6 Å². The van der Waals surface area contributed by atoms with Crippen molar-refractivity contribution in [3.05, 3.63) is 71.9 Å². The Morgan fingerprint density at radius 3 is 2.82 bits per heavy atom. The molecule has 0 fully saturated rings. The van der Waals surface area contributed by atoms with Gasteiger partial charge in [0.25, 0.3) is 6.54 Å². The molecule has 8 nitrogen and oxygen atoms in total. The van der Waals surface area contributed by atoms with E-state index < -0.39 is 0 Å². The van der Waals surface area contributed by atoms with E-state index in [1.807, 2.05) is 35.0 Å². The zero-order valence-corrected chi connectivity index (χ0v) is 15.5. The normalized spacial score (nSPS) is 10.9. The summed E-state index contributed by atoms with van der Waals surface area (Å²) in [6, 6.07) is 7.69. The number of nitrogens with zero attached hydrogens (tertiary/aromatic N) is 7. The van der Waals surface area contributed by atoms with Crippen LogP contribution >= 0.6 is 0 Å². The lowest BCUT2D eigenvalue weighted by Gasteiger charge is -2.09. The van der Waals surface area contributed by atoms with E-state index >= 15 is 0 Å². The Bertz CT molecular complexity index is 1170. The van der Waals surface area contributed by atoms with E-state index in [2.05, 4.69) is 49.2 Å². The number of imidazole rings is 1. The first-order chi connectivity index (χ1) is 13.6. The molecule has 0 aliphatic heterocycles. The van der Waals surface area contributed by atoms with Crippen LogP contribution in [0.15, 0.2) is 49.2 Å². The topological polar surface area (TPSA) is 85.8 Å². The van der Waals surface area contributed by atoms with Gasteiger partial charge in [-0.25, -0.2) is 16.5 Å². The Morgan fingerprint density at radius 2 is 2.00 bits per heavy atom. The SMILES string of the molecule is [C-]#[N+]Cc1cn(-c2cnc3ccc(Nc4cc(C(C)C)cnn4)nc3c2)cn1. The summed E-state index contributed by atoms with van der Waals surface area (Å²) in [4.78, 5) is 16.7. The average molecular weight is 370 g/mol. The van der Waals surface area contributed by atoms with Crippen LogP contribution in [0.5, 0.6) is 0 Å². The Hall–Kier alpha value is -3.86. The van der Waals surface area contributed by atoms with Crippen molar-refractivity contribution in [3.63, 3.8) is 0 Å². The highest BCUT2D eigenvalue weighted by atomic mass is 15.2. The first-order valence-corrected chi connectivity index (χ1v) is 8.85. The Balaban J connectivity index is 1.64. The zero-order chi connectivity index (χ0) is 19.5. The highest BCUT2D eigenvalue weighted by Crippen LogP contribution is 2.21. The lowest BCUT2D eigenvalue weighted by molar-refractivity contribution is 0.843. The Kier molecular flexibility index (Phi) is 4.64. The van der Waals surface area contributed by atoms with Gasteiger partial charge in [-0.15, -0.1) is 5.10 Å². The van der Waals surface area contributed by atoms with Crippen molar-refractivity contribution in [2.75, 3.05) is 5.32 Å². The smallest absolute Gasteiger partial charge is 0.257 e. The van der Waals surface area contributed by atoms with Crippen LogP contribution in [0, 0.1) is 6.57 Å². The second-order valence-corrected chi connectivity index (χ2v) is 6.67. The van der Waals surface area contributed by atoms with Gasteiger partial charge in [0, 0.05) is 6.20 Å². The van der Waals surface area contributed by atoms with E-state index in [4.69, 9.17) is 6.57 Å². The molecule has 4 aromatic heterocycles. The van der Waals surface area contributed by atoms with Gasteiger partial charge >= 0.3 is 0 Å². The van der Waals surface area contributed by atoms with Gasteiger partial charge in [0.05, 0.1) is 35.4 Å². The fourth-order valence-corrected chi connectivity index (χ4v) is 2.76. The molecule has 4 aromatic rings. The van der Waals surface area contributed by atoms with Crippen LogP contribution in [0.3, 0.4) is 0 Å². The number of aromatic nitrogens is 6. The number of hydrogen-bond acceptors (Lipinski definition) is 6. The van der Waals surface area contributed by atoms with Gasteiger partial charge in [0.15, 0.2) is 5.82 Å². The average Bonchev–Trinajstić information content (AvgIpc) is 3.16. The van der Waals surface area contributed by atoms with E-state index in [0.717, 1.165) is 28.0 Å². The molecular weight excluding hydrogens is 352 g/mol. The monoisotopic (exact) mass is 370 g/mol. The highest BCUT2D eigenvalue weighted by molar-refractivity contribution is 5.78. The van der Waals surface area contributed by atoms with Crippen LogP contribution in [-0.2, 0) is 6.54 Å². The molecule has 4 heterocycles. The number of nitrogens with one attached hydrogen (secondary N) is 1. The lowest BCUT2D eigenvalue weighted by atomic mass is 10.1. The number of anilines is 2.